The van der Waals surface area contributed by atoms with Crippen LogP contribution in [-0.4, -0.2) is 47.9 Å². The Hall–Kier alpha value is -2.79. The van der Waals surface area contributed by atoms with Crippen LogP contribution in [0.3, 0.4) is 0 Å². The highest BCUT2D eigenvalue weighted by Gasteiger charge is 2.19. The number of hydrogen-bond acceptors (Lipinski definition) is 10. The molecule has 10 nitrogen and oxygen atoms in total. The lowest BCUT2D eigenvalue weighted by Crippen LogP contribution is -2.17. The zero-order valence-electron chi connectivity index (χ0n) is 15.4. The SMILES string of the molecule is Cc1ccccc1Nc1nc(N)nc(CSc2nnnn2C[C@@H]2CCCO2)n1. The molecule has 3 heterocycles. The predicted molar refractivity (Wildman–Crippen MR) is 105 cm³/mol. The molecule has 1 fully saturated rings. The summed E-state index contributed by atoms with van der Waals surface area (Å²) in [6, 6.07) is 7.90. The Morgan fingerprint density at radius 3 is 3.00 bits per heavy atom. The van der Waals surface area contributed by atoms with Gasteiger partial charge in [0.2, 0.25) is 17.1 Å². The van der Waals surface area contributed by atoms with E-state index in [4.69, 9.17) is 10.5 Å². The van der Waals surface area contributed by atoms with Gasteiger partial charge in [-0.15, -0.1) is 5.10 Å². The number of hydrogen-bond donors (Lipinski definition) is 2. The minimum Gasteiger partial charge on any atom is -0.376 e. The number of nitrogens with zero attached hydrogens (tertiary/aromatic N) is 7. The molecule has 1 atom stereocenters. The number of tetrazole rings is 1. The predicted octanol–water partition coefficient (Wildman–Crippen LogP) is 1.96. The highest BCUT2D eigenvalue weighted by molar-refractivity contribution is 7.98. The maximum atomic E-state index is 5.87. The molecule has 2 aromatic heterocycles. The fraction of sp³-hybridized carbons (Fsp3) is 0.412. The fourth-order valence-electron chi connectivity index (χ4n) is 2.92. The van der Waals surface area contributed by atoms with Gasteiger partial charge in [0.15, 0.2) is 0 Å². The van der Waals surface area contributed by atoms with E-state index < -0.39 is 0 Å². The van der Waals surface area contributed by atoms with Gasteiger partial charge in [0.25, 0.3) is 0 Å². The monoisotopic (exact) mass is 399 g/mol. The van der Waals surface area contributed by atoms with Crippen molar-refractivity contribution in [1.82, 2.24) is 35.2 Å². The normalized spacial score (nSPS) is 16.4. The van der Waals surface area contributed by atoms with Crippen molar-refractivity contribution in [3.8, 4) is 0 Å². The average molecular weight is 399 g/mol. The van der Waals surface area contributed by atoms with Gasteiger partial charge < -0.3 is 15.8 Å². The lowest BCUT2D eigenvalue weighted by molar-refractivity contribution is 0.0912. The lowest BCUT2D eigenvalue weighted by Gasteiger charge is -2.10. The highest BCUT2D eigenvalue weighted by Crippen LogP contribution is 2.22. The number of anilines is 3. The molecule has 11 heteroatoms. The van der Waals surface area contributed by atoms with E-state index in [1.165, 1.54) is 11.8 Å². The zero-order valence-corrected chi connectivity index (χ0v) is 16.3. The van der Waals surface area contributed by atoms with Crippen LogP contribution in [0.5, 0.6) is 0 Å². The van der Waals surface area contributed by atoms with Crippen LogP contribution < -0.4 is 11.1 Å². The van der Waals surface area contributed by atoms with Crippen molar-refractivity contribution in [3.63, 3.8) is 0 Å². The largest absolute Gasteiger partial charge is 0.376 e. The third-order valence-electron chi connectivity index (χ3n) is 4.32. The summed E-state index contributed by atoms with van der Waals surface area (Å²) in [5.41, 5.74) is 7.88. The van der Waals surface area contributed by atoms with E-state index in [1.807, 2.05) is 31.2 Å². The van der Waals surface area contributed by atoms with Crippen molar-refractivity contribution in [2.24, 2.45) is 0 Å². The van der Waals surface area contributed by atoms with E-state index in [0.717, 1.165) is 30.7 Å². The molecule has 1 aliphatic rings. The van der Waals surface area contributed by atoms with Crippen LogP contribution in [0.15, 0.2) is 29.4 Å². The minimum absolute atomic E-state index is 0.167. The first-order valence-electron chi connectivity index (χ1n) is 9.01. The van der Waals surface area contributed by atoms with Crippen molar-refractivity contribution in [2.45, 2.75) is 43.3 Å². The molecule has 0 unspecified atom stereocenters. The van der Waals surface area contributed by atoms with Crippen LogP contribution >= 0.6 is 11.8 Å². The number of ether oxygens (including phenoxy) is 1. The summed E-state index contributed by atoms with van der Waals surface area (Å²) < 4.78 is 7.42. The first-order chi connectivity index (χ1) is 13.7. The molecule has 4 rings (SSSR count). The molecule has 0 radical (unpaired) electrons. The van der Waals surface area contributed by atoms with Gasteiger partial charge in [-0.3, -0.25) is 0 Å². The molecular weight excluding hydrogens is 378 g/mol. The molecule has 3 aromatic rings. The van der Waals surface area contributed by atoms with Gasteiger partial charge in [0.05, 0.1) is 18.4 Å². The number of nitrogen functional groups attached to an aromatic ring is 1. The number of benzene rings is 1. The van der Waals surface area contributed by atoms with Gasteiger partial charge in [0, 0.05) is 12.3 Å². The number of para-hydroxylation sites is 1. The van der Waals surface area contributed by atoms with Crippen LogP contribution in [0.25, 0.3) is 0 Å². The summed E-state index contributed by atoms with van der Waals surface area (Å²) >= 11 is 1.45. The van der Waals surface area contributed by atoms with E-state index >= 15 is 0 Å². The van der Waals surface area contributed by atoms with Crippen LogP contribution in [0.4, 0.5) is 17.6 Å². The van der Waals surface area contributed by atoms with Crippen molar-refractivity contribution < 1.29 is 4.74 Å². The Labute approximate surface area is 166 Å². The molecule has 28 heavy (non-hydrogen) atoms. The van der Waals surface area contributed by atoms with Crippen LogP contribution in [0, 0.1) is 6.92 Å². The molecule has 146 valence electrons. The van der Waals surface area contributed by atoms with Crippen LogP contribution in [0.1, 0.15) is 24.2 Å². The van der Waals surface area contributed by atoms with Gasteiger partial charge in [-0.05, 0) is 41.8 Å². The molecule has 3 N–H and O–H groups in total. The molecule has 0 saturated carbocycles. The molecule has 0 spiro atoms. The first kappa shape index (κ1) is 18.6. The van der Waals surface area contributed by atoms with Gasteiger partial charge >= 0.3 is 0 Å². The standard InChI is InChI=1S/C17H21N9OS/c1-11-5-2-3-7-13(11)19-16-21-14(20-15(18)22-16)10-28-17-23-24-25-26(17)9-12-6-4-8-27-12/h2-3,5,7,12H,4,6,8-10H2,1H3,(H3,18,19,20,21,22)/t12-/m0/s1. The Morgan fingerprint density at radius 1 is 1.29 bits per heavy atom. The molecule has 1 saturated heterocycles. The van der Waals surface area contributed by atoms with E-state index in [9.17, 15) is 0 Å². The third kappa shape index (κ3) is 4.54. The Morgan fingerprint density at radius 2 is 2.18 bits per heavy atom. The summed E-state index contributed by atoms with van der Waals surface area (Å²) in [5.74, 6) is 1.61. The number of thioether (sulfide) groups is 1. The number of nitrogens with two attached hydrogens (primary N) is 1. The smallest absolute Gasteiger partial charge is 0.232 e. The van der Waals surface area contributed by atoms with E-state index in [-0.39, 0.29) is 12.1 Å². The van der Waals surface area contributed by atoms with Crippen molar-refractivity contribution >= 4 is 29.3 Å². The molecule has 0 bridgehead atoms. The number of nitrogens with one attached hydrogen (secondary N) is 1. The van der Waals surface area contributed by atoms with Gasteiger partial charge in [0.1, 0.15) is 5.82 Å². The second-order valence-electron chi connectivity index (χ2n) is 6.44. The molecular formula is C17H21N9OS. The summed E-state index contributed by atoms with van der Waals surface area (Å²) in [6.07, 6.45) is 2.28. The topological polar surface area (TPSA) is 130 Å². The van der Waals surface area contributed by atoms with Gasteiger partial charge in [-0.2, -0.15) is 15.0 Å². The maximum Gasteiger partial charge on any atom is 0.232 e. The quantitative estimate of drug-likeness (QED) is 0.569. The Kier molecular flexibility index (Phi) is 5.63. The second kappa shape index (κ2) is 8.48. The van der Waals surface area contributed by atoms with E-state index in [1.54, 1.807) is 4.68 Å². The molecule has 1 aromatic carbocycles. The van der Waals surface area contributed by atoms with Gasteiger partial charge in [-0.1, -0.05) is 30.0 Å². The number of aryl methyl sites for hydroxylation is 1. The first-order valence-corrected chi connectivity index (χ1v) is 9.99. The maximum absolute atomic E-state index is 5.87. The van der Waals surface area contributed by atoms with Crippen molar-refractivity contribution in [3.05, 3.63) is 35.7 Å². The van der Waals surface area contributed by atoms with Crippen LogP contribution in [-0.2, 0) is 17.0 Å². The van der Waals surface area contributed by atoms with E-state index in [2.05, 4.69) is 35.8 Å². The Bertz CT molecular complexity index is 942. The molecule has 1 aliphatic heterocycles. The Balaban J connectivity index is 1.43. The summed E-state index contributed by atoms with van der Waals surface area (Å²) in [4.78, 5) is 12.9. The minimum atomic E-state index is 0.167. The van der Waals surface area contributed by atoms with Crippen LogP contribution in [0.2, 0.25) is 0 Å². The highest BCUT2D eigenvalue weighted by atomic mass is 32.2. The fourth-order valence-corrected chi connectivity index (χ4v) is 3.66. The second-order valence-corrected chi connectivity index (χ2v) is 7.38. The number of aromatic nitrogens is 7. The third-order valence-corrected chi connectivity index (χ3v) is 5.27. The molecule has 0 amide bonds. The molecule has 0 aliphatic carbocycles. The lowest BCUT2D eigenvalue weighted by atomic mass is 10.2. The van der Waals surface area contributed by atoms with Crippen molar-refractivity contribution in [2.75, 3.05) is 17.7 Å². The average Bonchev–Trinajstić information content (AvgIpc) is 3.34. The number of rotatable bonds is 7. The van der Waals surface area contributed by atoms with Crippen molar-refractivity contribution in [1.29, 1.82) is 0 Å². The van der Waals surface area contributed by atoms with E-state index in [0.29, 0.717) is 29.2 Å². The summed E-state index contributed by atoms with van der Waals surface area (Å²) in [5, 5.41) is 15.8. The summed E-state index contributed by atoms with van der Waals surface area (Å²) in [7, 11) is 0. The zero-order chi connectivity index (χ0) is 19.3. The van der Waals surface area contributed by atoms with Gasteiger partial charge in [-0.25, -0.2) is 4.68 Å². The summed E-state index contributed by atoms with van der Waals surface area (Å²) in [6.45, 7) is 3.46.